The highest BCUT2D eigenvalue weighted by atomic mass is 79.9. The van der Waals surface area contributed by atoms with Gasteiger partial charge in [-0.3, -0.25) is 24.0 Å². The zero-order chi connectivity index (χ0) is 26.6. The van der Waals surface area contributed by atoms with E-state index in [0.29, 0.717) is 50.1 Å². The summed E-state index contributed by atoms with van der Waals surface area (Å²) in [7, 11) is 0. The minimum atomic E-state index is -1.04. The molecule has 0 saturated carbocycles. The Labute approximate surface area is 228 Å². The van der Waals surface area contributed by atoms with E-state index in [2.05, 4.69) is 37.9 Å². The van der Waals surface area contributed by atoms with Crippen molar-refractivity contribution < 1.29 is 13.9 Å². The lowest BCUT2D eigenvalue weighted by atomic mass is 10.0. The van der Waals surface area contributed by atoms with Crippen molar-refractivity contribution >= 4 is 21.8 Å². The van der Waals surface area contributed by atoms with Crippen molar-refractivity contribution in [1.29, 1.82) is 0 Å². The topological polar surface area (TPSA) is 87.6 Å². The van der Waals surface area contributed by atoms with Gasteiger partial charge in [0.15, 0.2) is 0 Å². The first-order valence-electron chi connectivity index (χ1n) is 12.8. The van der Waals surface area contributed by atoms with E-state index in [1.807, 2.05) is 12.1 Å². The summed E-state index contributed by atoms with van der Waals surface area (Å²) < 4.78 is 23.5. The fourth-order valence-electron chi connectivity index (χ4n) is 5.13. The van der Waals surface area contributed by atoms with E-state index in [9.17, 15) is 18.8 Å². The number of nitrogens with one attached hydrogen (secondary N) is 1. The third-order valence-corrected chi connectivity index (χ3v) is 7.71. The van der Waals surface area contributed by atoms with E-state index in [1.54, 1.807) is 29.2 Å². The van der Waals surface area contributed by atoms with Crippen LogP contribution in [0, 0.1) is 0 Å². The van der Waals surface area contributed by atoms with Crippen LogP contribution < -0.4 is 11.2 Å². The van der Waals surface area contributed by atoms with Gasteiger partial charge in [0.25, 0.3) is 11.5 Å². The van der Waals surface area contributed by atoms with Gasteiger partial charge in [-0.25, -0.2) is 9.18 Å². The van der Waals surface area contributed by atoms with E-state index in [1.165, 1.54) is 16.8 Å². The number of ether oxygens (including phenoxy) is 1. The molecule has 2 aromatic carbocycles. The molecule has 0 bridgehead atoms. The van der Waals surface area contributed by atoms with Gasteiger partial charge in [-0.2, -0.15) is 0 Å². The molecule has 2 atom stereocenters. The second-order valence-electron chi connectivity index (χ2n) is 9.86. The third-order valence-electron chi connectivity index (χ3n) is 7.18. The first-order valence-corrected chi connectivity index (χ1v) is 13.6. The van der Waals surface area contributed by atoms with Crippen molar-refractivity contribution in [2.45, 2.75) is 44.2 Å². The zero-order valence-electron chi connectivity index (χ0n) is 20.9. The summed E-state index contributed by atoms with van der Waals surface area (Å²) in [5.41, 5.74) is 1.07. The maximum absolute atomic E-state index is 15.0. The van der Waals surface area contributed by atoms with Gasteiger partial charge in [0.2, 0.25) is 0 Å². The average Bonchev–Trinajstić information content (AvgIpc) is 2.92. The fraction of sp³-hybridized carbons (Fsp3) is 0.393. The van der Waals surface area contributed by atoms with Gasteiger partial charge in [-0.05, 0) is 55.2 Å². The highest BCUT2D eigenvalue weighted by molar-refractivity contribution is 9.10. The van der Waals surface area contributed by atoms with Crippen LogP contribution in [0.4, 0.5) is 4.39 Å². The Bertz CT molecular complexity index is 1380. The van der Waals surface area contributed by atoms with E-state index in [4.69, 9.17) is 4.74 Å². The number of hydrogen-bond acceptors (Lipinski definition) is 5. The minimum Gasteiger partial charge on any atom is -0.372 e. The van der Waals surface area contributed by atoms with Gasteiger partial charge in [0.05, 0.1) is 17.9 Å². The van der Waals surface area contributed by atoms with E-state index in [0.717, 1.165) is 23.1 Å². The number of hydrogen-bond donors (Lipinski definition) is 1. The summed E-state index contributed by atoms with van der Waals surface area (Å²) in [6.07, 6.45) is 1.79. The molecule has 3 aromatic rings. The molecule has 2 aliphatic rings. The van der Waals surface area contributed by atoms with Crippen molar-refractivity contribution in [3.05, 3.63) is 97.2 Å². The summed E-state index contributed by atoms with van der Waals surface area (Å²) in [6.45, 7) is 2.90. The van der Waals surface area contributed by atoms with Crippen LogP contribution in [-0.4, -0.2) is 69.8 Å². The van der Waals surface area contributed by atoms with Crippen molar-refractivity contribution in [2.24, 2.45) is 0 Å². The lowest BCUT2D eigenvalue weighted by molar-refractivity contribution is -0.0974. The predicted molar refractivity (Wildman–Crippen MR) is 145 cm³/mol. The highest BCUT2D eigenvalue weighted by Crippen LogP contribution is 2.25. The number of aromatic amines is 1. The number of rotatable bonds is 6. The lowest BCUT2D eigenvalue weighted by Crippen LogP contribution is -2.48. The maximum atomic E-state index is 15.0. The molecular weight excluding hydrogens is 555 g/mol. The zero-order valence-corrected chi connectivity index (χ0v) is 22.5. The Kier molecular flexibility index (Phi) is 8.21. The molecule has 0 aliphatic carbocycles. The van der Waals surface area contributed by atoms with Gasteiger partial charge in [-0.1, -0.05) is 34.1 Å². The number of carbonyl (C=O) groups excluding carboxylic acids is 1. The molecule has 0 radical (unpaired) electrons. The normalized spacial score (nSPS) is 20.9. The monoisotopic (exact) mass is 584 g/mol. The summed E-state index contributed by atoms with van der Waals surface area (Å²) in [5, 5.41) is 0. The number of halogens is 2. The number of aromatic nitrogens is 2. The quantitative estimate of drug-likeness (QED) is 0.479. The summed E-state index contributed by atoms with van der Waals surface area (Å²) in [4.78, 5) is 42.7. The molecule has 0 spiro atoms. The molecule has 2 fully saturated rings. The van der Waals surface area contributed by atoms with Gasteiger partial charge >= 0.3 is 5.69 Å². The predicted octanol–water partition coefficient (Wildman–Crippen LogP) is 3.52. The molecular formula is C28H30BrFN4O4. The number of alkyl halides is 1. The van der Waals surface area contributed by atoms with E-state index >= 15 is 0 Å². The van der Waals surface area contributed by atoms with E-state index in [-0.39, 0.29) is 12.0 Å². The van der Waals surface area contributed by atoms with Crippen molar-refractivity contribution in [2.75, 3.05) is 26.2 Å². The van der Waals surface area contributed by atoms with Gasteiger partial charge in [-0.15, -0.1) is 0 Å². The summed E-state index contributed by atoms with van der Waals surface area (Å²) >= 11 is 3.44. The fourth-order valence-corrected chi connectivity index (χ4v) is 5.39. The summed E-state index contributed by atoms with van der Waals surface area (Å²) in [5.74, 6) is -0.132. The number of H-pyrrole nitrogens is 1. The molecule has 2 aliphatic heterocycles. The molecule has 1 N–H and O–H groups in total. The standard InChI is InChI=1S/C28H30BrFN4O4/c29-21-6-4-19(5-7-21)17-32-12-10-25(24(30)18-32)38-23-8-13-33(14-9-23)27(36)20-2-1-3-22(16-20)34-15-11-26(35)31-28(34)37/h1-7,11,15-16,23-25H,8-10,12-14,17-18H2,(H,31,35,37)/t24-,25-/m1/s1. The molecule has 5 rings (SSSR count). The number of benzene rings is 2. The minimum absolute atomic E-state index is 0.0774. The number of carbonyl (C=O) groups is 1. The molecule has 1 aromatic heterocycles. The van der Waals surface area contributed by atoms with Crippen LogP contribution in [0.2, 0.25) is 0 Å². The van der Waals surface area contributed by atoms with Crippen LogP contribution in [0.5, 0.6) is 0 Å². The average molecular weight is 585 g/mol. The van der Waals surface area contributed by atoms with Crippen molar-refractivity contribution in [3.63, 3.8) is 0 Å². The molecule has 38 heavy (non-hydrogen) atoms. The maximum Gasteiger partial charge on any atom is 0.332 e. The molecule has 8 nitrogen and oxygen atoms in total. The van der Waals surface area contributed by atoms with Crippen LogP contribution in [-0.2, 0) is 11.3 Å². The third kappa shape index (κ3) is 6.31. The Morgan fingerprint density at radius 2 is 1.79 bits per heavy atom. The smallest absolute Gasteiger partial charge is 0.332 e. The van der Waals surface area contributed by atoms with Gasteiger partial charge in [0.1, 0.15) is 6.17 Å². The van der Waals surface area contributed by atoms with Crippen LogP contribution in [0.15, 0.2) is 74.9 Å². The molecule has 1 amide bonds. The number of amides is 1. The first-order chi connectivity index (χ1) is 18.4. The molecule has 0 unspecified atom stereocenters. The second-order valence-corrected chi connectivity index (χ2v) is 10.8. The second kappa shape index (κ2) is 11.8. The van der Waals surface area contributed by atoms with Crippen molar-refractivity contribution in [3.8, 4) is 5.69 Å². The molecule has 2 saturated heterocycles. The summed E-state index contributed by atoms with van der Waals surface area (Å²) in [6, 6.07) is 16.1. The van der Waals surface area contributed by atoms with Crippen LogP contribution in [0.1, 0.15) is 35.2 Å². The molecule has 200 valence electrons. The first kappa shape index (κ1) is 26.5. The number of nitrogens with zero attached hydrogens (tertiary/aromatic N) is 3. The Morgan fingerprint density at radius 1 is 1.03 bits per heavy atom. The highest BCUT2D eigenvalue weighted by Gasteiger charge is 2.33. The molecule has 3 heterocycles. The Morgan fingerprint density at radius 3 is 2.50 bits per heavy atom. The number of piperidine rings is 2. The van der Waals surface area contributed by atoms with Crippen molar-refractivity contribution in [1.82, 2.24) is 19.4 Å². The van der Waals surface area contributed by atoms with Crippen LogP contribution in [0.3, 0.4) is 0 Å². The Balaban J connectivity index is 1.12. The van der Waals surface area contributed by atoms with Crippen LogP contribution >= 0.6 is 15.9 Å². The van der Waals surface area contributed by atoms with E-state index < -0.39 is 23.5 Å². The largest absolute Gasteiger partial charge is 0.372 e. The van der Waals surface area contributed by atoms with Gasteiger partial charge in [0, 0.05) is 55.0 Å². The van der Waals surface area contributed by atoms with Crippen LogP contribution in [0.25, 0.3) is 5.69 Å². The Hall–Kier alpha value is -3.08. The van der Waals surface area contributed by atoms with Gasteiger partial charge < -0.3 is 9.64 Å². The lowest BCUT2D eigenvalue weighted by Gasteiger charge is -2.38. The number of likely N-dealkylation sites (tertiary alicyclic amines) is 2. The SMILES string of the molecule is O=C(c1cccc(-n2ccc(=O)[nH]c2=O)c1)N1CCC(O[C@@H]2CCN(Cc3ccc(Br)cc3)C[C@H]2F)CC1. The molecule has 10 heteroatoms.